The number of hydrogen-bond acceptors (Lipinski definition) is 6. The van der Waals surface area contributed by atoms with Gasteiger partial charge < -0.3 is 4.42 Å². The fourth-order valence-electron chi connectivity index (χ4n) is 7.38. The highest BCUT2D eigenvalue weighted by Crippen LogP contribution is 2.52. The summed E-state index contributed by atoms with van der Waals surface area (Å²) >= 11 is 1.76. The van der Waals surface area contributed by atoms with E-state index in [2.05, 4.69) is 86.9 Å². The second kappa shape index (κ2) is 11.6. The summed E-state index contributed by atoms with van der Waals surface area (Å²) < 4.78 is 7.02. The number of aromatic nitrogens is 4. The number of benzene rings is 5. The largest absolute Gasteiger partial charge is 0.443 e. The average molecular weight is 665 g/mol. The van der Waals surface area contributed by atoms with Crippen LogP contribution in [0.15, 0.2) is 133 Å². The predicted molar refractivity (Wildman–Crippen MR) is 206 cm³/mol. The van der Waals surface area contributed by atoms with E-state index in [-0.39, 0.29) is 5.41 Å². The topological polar surface area (TPSA) is 64.7 Å². The van der Waals surface area contributed by atoms with Crippen molar-refractivity contribution in [3.8, 4) is 45.3 Å². The van der Waals surface area contributed by atoms with Crippen molar-refractivity contribution in [2.24, 2.45) is 0 Å². The molecule has 3 heterocycles. The monoisotopic (exact) mass is 664 g/mol. The number of allylic oxidation sites excluding steroid dienone is 1. The Morgan fingerprint density at radius 1 is 0.740 bits per heavy atom. The van der Waals surface area contributed by atoms with E-state index in [4.69, 9.17) is 19.4 Å². The van der Waals surface area contributed by atoms with Gasteiger partial charge in [0.1, 0.15) is 5.52 Å². The Hall–Kier alpha value is -5.98. The minimum absolute atomic E-state index is 0.194. The van der Waals surface area contributed by atoms with Gasteiger partial charge in [0, 0.05) is 48.2 Å². The lowest BCUT2D eigenvalue weighted by Gasteiger charge is -2.22. The Bertz CT molecular complexity index is 2590. The van der Waals surface area contributed by atoms with Crippen molar-refractivity contribution < 1.29 is 4.42 Å². The number of thiophene rings is 1. The fraction of sp³-hybridized carbons (Fsp3) is 0.0909. The molecule has 5 nitrogen and oxygen atoms in total. The molecule has 0 atom stereocenters. The second-order valence-electron chi connectivity index (χ2n) is 13.0. The third-order valence-corrected chi connectivity index (χ3v) is 11.2. The van der Waals surface area contributed by atoms with Gasteiger partial charge >= 0.3 is 0 Å². The van der Waals surface area contributed by atoms with E-state index in [0.717, 1.165) is 65.0 Å². The zero-order valence-corrected chi connectivity index (χ0v) is 28.8. The summed E-state index contributed by atoms with van der Waals surface area (Å²) in [4.78, 5) is 20.6. The summed E-state index contributed by atoms with van der Waals surface area (Å²) in [6.45, 7) is 11.0. The van der Waals surface area contributed by atoms with Crippen LogP contribution >= 0.6 is 11.3 Å². The molecule has 6 heteroatoms. The van der Waals surface area contributed by atoms with Crippen LogP contribution in [0, 0.1) is 0 Å². The van der Waals surface area contributed by atoms with Crippen LogP contribution in [-0.2, 0) is 5.41 Å². The lowest BCUT2D eigenvalue weighted by atomic mass is 9.81. The van der Waals surface area contributed by atoms with Crippen LogP contribution < -0.4 is 0 Å². The van der Waals surface area contributed by atoms with E-state index in [1.807, 2.05) is 66.7 Å². The van der Waals surface area contributed by atoms with Crippen LogP contribution in [0.5, 0.6) is 0 Å². The van der Waals surface area contributed by atoms with Gasteiger partial charge in [-0.05, 0) is 52.9 Å². The van der Waals surface area contributed by atoms with Crippen LogP contribution in [0.25, 0.3) is 78.1 Å². The molecule has 1 aliphatic carbocycles. The quantitative estimate of drug-likeness (QED) is 0.177. The molecule has 3 aromatic heterocycles. The lowest BCUT2D eigenvalue weighted by Crippen LogP contribution is -2.15. The van der Waals surface area contributed by atoms with Crippen molar-refractivity contribution in [1.29, 1.82) is 0 Å². The number of rotatable bonds is 6. The molecule has 0 amide bonds. The molecule has 5 aromatic carbocycles. The molecule has 8 aromatic rings. The maximum Gasteiger partial charge on any atom is 0.182 e. The van der Waals surface area contributed by atoms with Gasteiger partial charge in [0.15, 0.2) is 29.4 Å². The molecule has 0 unspecified atom stereocenters. The number of oxazole rings is 1. The minimum atomic E-state index is -0.194. The van der Waals surface area contributed by atoms with Crippen molar-refractivity contribution in [3.05, 3.63) is 155 Å². The minimum Gasteiger partial charge on any atom is -0.443 e. The fourth-order valence-corrected chi connectivity index (χ4v) is 8.79. The van der Waals surface area contributed by atoms with Gasteiger partial charge in [0.05, 0.1) is 0 Å². The van der Waals surface area contributed by atoms with Crippen LogP contribution in [0.4, 0.5) is 0 Å². The molecule has 0 N–H and O–H groups in total. The first kappa shape index (κ1) is 30.1. The van der Waals surface area contributed by atoms with Crippen LogP contribution in [0.1, 0.15) is 47.9 Å². The molecule has 0 aliphatic heterocycles. The van der Waals surface area contributed by atoms with E-state index in [1.54, 1.807) is 11.3 Å². The molecule has 0 saturated carbocycles. The van der Waals surface area contributed by atoms with E-state index >= 15 is 0 Å². The van der Waals surface area contributed by atoms with Gasteiger partial charge in [-0.15, -0.1) is 11.3 Å². The zero-order chi connectivity index (χ0) is 34.0. The second-order valence-corrected chi connectivity index (χ2v) is 14.1. The standard InChI is InChI=1S/C44H32N4OS/c1-5-29(28-20-21-32-35(24-28)44(3,4)34-22-23-36-38(37(32)34)49-25-45-36)39-30(6-2)31-18-13-19-33(40(31)50-39)43-47-41(26-14-9-7-10-15-26)46-42(48-43)27-16-11-8-12-17-27/h5-25H,2H2,1,3-4H3/b29-5-. The number of hydrogen-bond donors (Lipinski definition) is 0. The third kappa shape index (κ3) is 4.60. The van der Waals surface area contributed by atoms with E-state index in [0.29, 0.717) is 17.5 Å². The number of nitrogens with zero attached hydrogens (tertiary/aromatic N) is 4. The van der Waals surface area contributed by atoms with Gasteiger partial charge in [0.2, 0.25) is 0 Å². The SMILES string of the molecule is C=Cc1c(/C(=C\C)c2ccc3c(c2)C(C)(C)c2ccc4ncoc4c2-3)sc2c(-c3nc(-c4ccccc4)nc(-c4ccccc4)n3)cccc12. The highest BCUT2D eigenvalue weighted by Gasteiger charge is 2.38. The van der Waals surface area contributed by atoms with Crippen LogP contribution in [0.2, 0.25) is 0 Å². The third-order valence-electron chi connectivity index (χ3n) is 9.88. The highest BCUT2D eigenvalue weighted by atomic mass is 32.1. The Morgan fingerprint density at radius 2 is 1.44 bits per heavy atom. The van der Waals surface area contributed by atoms with Crippen molar-refractivity contribution in [1.82, 2.24) is 19.9 Å². The van der Waals surface area contributed by atoms with Crippen molar-refractivity contribution in [2.75, 3.05) is 0 Å². The summed E-state index contributed by atoms with van der Waals surface area (Å²) in [6, 6.07) is 37.7. The molecular formula is C44H32N4OS. The van der Waals surface area contributed by atoms with Gasteiger partial charge in [-0.1, -0.05) is 124 Å². The Morgan fingerprint density at radius 3 is 2.12 bits per heavy atom. The summed E-state index contributed by atoms with van der Waals surface area (Å²) in [5.74, 6) is 1.93. The lowest BCUT2D eigenvalue weighted by molar-refractivity contribution is 0.601. The summed E-state index contributed by atoms with van der Waals surface area (Å²) in [5, 5.41) is 1.13. The predicted octanol–water partition coefficient (Wildman–Crippen LogP) is 11.6. The molecule has 9 rings (SSSR count). The van der Waals surface area contributed by atoms with E-state index in [9.17, 15) is 0 Å². The summed E-state index contributed by atoms with van der Waals surface area (Å²) in [5.41, 5.74) is 12.7. The molecule has 0 fully saturated rings. The van der Waals surface area contributed by atoms with E-state index < -0.39 is 0 Å². The van der Waals surface area contributed by atoms with Crippen molar-refractivity contribution >= 4 is 44.2 Å². The first-order valence-corrected chi connectivity index (χ1v) is 17.5. The average Bonchev–Trinajstić information content (AvgIpc) is 3.85. The van der Waals surface area contributed by atoms with Crippen LogP contribution in [0.3, 0.4) is 0 Å². The zero-order valence-electron chi connectivity index (χ0n) is 27.9. The Labute approximate surface area is 294 Å². The molecular weight excluding hydrogens is 633 g/mol. The summed E-state index contributed by atoms with van der Waals surface area (Å²) in [6.07, 6.45) is 5.73. The number of fused-ring (bicyclic) bond motifs is 6. The van der Waals surface area contributed by atoms with Gasteiger partial charge in [-0.25, -0.2) is 19.9 Å². The molecule has 1 aliphatic rings. The molecule has 0 saturated heterocycles. The van der Waals surface area contributed by atoms with Crippen molar-refractivity contribution in [2.45, 2.75) is 26.2 Å². The first-order valence-electron chi connectivity index (χ1n) is 16.7. The first-order chi connectivity index (χ1) is 24.5. The van der Waals surface area contributed by atoms with Crippen molar-refractivity contribution in [3.63, 3.8) is 0 Å². The van der Waals surface area contributed by atoms with Crippen LogP contribution in [-0.4, -0.2) is 19.9 Å². The molecule has 240 valence electrons. The summed E-state index contributed by atoms with van der Waals surface area (Å²) in [7, 11) is 0. The van der Waals surface area contributed by atoms with Gasteiger partial charge in [-0.3, -0.25) is 0 Å². The molecule has 0 bridgehead atoms. The smallest absolute Gasteiger partial charge is 0.182 e. The highest BCUT2D eigenvalue weighted by molar-refractivity contribution is 7.21. The van der Waals surface area contributed by atoms with Gasteiger partial charge in [0.25, 0.3) is 0 Å². The van der Waals surface area contributed by atoms with E-state index in [1.165, 1.54) is 23.1 Å². The normalized spacial score (nSPS) is 13.5. The Kier molecular flexibility index (Phi) is 6.97. The maximum atomic E-state index is 5.91. The Balaban J connectivity index is 1.20. The molecule has 0 radical (unpaired) electrons. The molecule has 0 spiro atoms. The molecule has 50 heavy (non-hydrogen) atoms. The maximum absolute atomic E-state index is 5.91. The van der Waals surface area contributed by atoms with Gasteiger partial charge in [-0.2, -0.15) is 0 Å².